The fraction of sp³-hybridized carbons (Fsp3) is 0.357. The van der Waals surface area contributed by atoms with Crippen LogP contribution in [0.5, 0.6) is 0 Å². The van der Waals surface area contributed by atoms with Crippen LogP contribution in [-0.4, -0.2) is 29.1 Å². The summed E-state index contributed by atoms with van der Waals surface area (Å²) in [5.41, 5.74) is 3.76. The molecule has 0 atom stereocenters. The Kier molecular flexibility index (Phi) is 4.67. The summed E-state index contributed by atoms with van der Waals surface area (Å²) in [5, 5.41) is 3.05. The predicted molar refractivity (Wildman–Crippen MR) is 82.7 cm³/mol. The summed E-state index contributed by atoms with van der Waals surface area (Å²) < 4.78 is 6.00. The van der Waals surface area contributed by atoms with Gasteiger partial charge in [-0.25, -0.2) is 9.97 Å². The van der Waals surface area contributed by atoms with E-state index in [0.717, 1.165) is 32.8 Å². The number of ether oxygens (including phenoxy) is 1. The van der Waals surface area contributed by atoms with Crippen molar-refractivity contribution in [2.24, 2.45) is 0 Å². The van der Waals surface area contributed by atoms with E-state index >= 15 is 0 Å². The molecule has 0 saturated carbocycles. The van der Waals surface area contributed by atoms with Crippen LogP contribution in [0.1, 0.15) is 16.8 Å². The van der Waals surface area contributed by atoms with Crippen molar-refractivity contribution in [2.75, 3.05) is 19.5 Å². The Bertz CT molecular complexity index is 631. The van der Waals surface area contributed by atoms with Crippen LogP contribution in [0.4, 0.5) is 5.82 Å². The van der Waals surface area contributed by atoms with Crippen molar-refractivity contribution in [2.45, 2.75) is 20.5 Å². The van der Waals surface area contributed by atoms with Crippen LogP contribution < -0.4 is 5.32 Å². The second-order valence-corrected chi connectivity index (χ2v) is 5.31. The van der Waals surface area contributed by atoms with Crippen molar-refractivity contribution in [3.05, 3.63) is 33.6 Å². The molecule has 106 valence electrons. The number of nitrogens with zero attached hydrogens (tertiary/aromatic N) is 3. The minimum atomic E-state index is 0.412. The quantitative estimate of drug-likeness (QED) is 0.929. The maximum Gasteiger partial charge on any atom is 0.180 e. The molecule has 0 spiro atoms. The number of pyridine rings is 1. The second-order valence-electron chi connectivity index (χ2n) is 4.52. The number of hydrogen-bond donors (Lipinski definition) is 1. The van der Waals surface area contributed by atoms with Gasteiger partial charge < -0.3 is 10.1 Å². The molecular formula is C14H17BrN4O. The number of rotatable bonds is 4. The lowest BCUT2D eigenvalue weighted by Gasteiger charge is -2.11. The predicted octanol–water partition coefficient (Wildman–Crippen LogP) is 3.11. The van der Waals surface area contributed by atoms with Gasteiger partial charge in [0.15, 0.2) is 5.82 Å². The van der Waals surface area contributed by atoms with Gasteiger partial charge in [0.1, 0.15) is 11.5 Å². The molecule has 0 aliphatic heterocycles. The first kappa shape index (κ1) is 14.9. The monoisotopic (exact) mass is 336 g/mol. The molecule has 2 heterocycles. The van der Waals surface area contributed by atoms with E-state index in [1.54, 1.807) is 7.11 Å². The summed E-state index contributed by atoms with van der Waals surface area (Å²) in [5.74, 6) is 1.32. The SMILES string of the molecule is CNc1nc(-c2ncc(C)cc2C)nc(COC)c1Br. The van der Waals surface area contributed by atoms with Gasteiger partial charge in [0.25, 0.3) is 0 Å². The number of anilines is 1. The van der Waals surface area contributed by atoms with Crippen molar-refractivity contribution in [1.82, 2.24) is 15.0 Å². The van der Waals surface area contributed by atoms with Gasteiger partial charge in [-0.15, -0.1) is 0 Å². The number of halogens is 1. The Morgan fingerprint density at radius 1 is 1.30 bits per heavy atom. The summed E-state index contributed by atoms with van der Waals surface area (Å²) in [6.07, 6.45) is 1.82. The Labute approximate surface area is 127 Å². The van der Waals surface area contributed by atoms with Crippen LogP contribution in [0.3, 0.4) is 0 Å². The fourth-order valence-corrected chi connectivity index (χ4v) is 2.44. The van der Waals surface area contributed by atoms with E-state index in [2.05, 4.69) is 42.3 Å². The second kappa shape index (κ2) is 6.28. The van der Waals surface area contributed by atoms with E-state index in [-0.39, 0.29) is 0 Å². The third-order valence-electron chi connectivity index (χ3n) is 2.86. The van der Waals surface area contributed by atoms with Gasteiger partial charge in [0.2, 0.25) is 0 Å². The maximum absolute atomic E-state index is 5.18. The molecule has 0 radical (unpaired) electrons. The third-order valence-corrected chi connectivity index (χ3v) is 3.70. The highest BCUT2D eigenvalue weighted by Crippen LogP contribution is 2.28. The van der Waals surface area contributed by atoms with Crippen LogP contribution >= 0.6 is 15.9 Å². The van der Waals surface area contributed by atoms with E-state index in [4.69, 9.17) is 4.74 Å². The van der Waals surface area contributed by atoms with Crippen LogP contribution in [-0.2, 0) is 11.3 Å². The summed E-state index contributed by atoms with van der Waals surface area (Å²) >= 11 is 3.49. The zero-order valence-electron chi connectivity index (χ0n) is 12.0. The first-order valence-corrected chi connectivity index (χ1v) is 7.02. The van der Waals surface area contributed by atoms with Crippen LogP contribution in [0.25, 0.3) is 11.5 Å². The first-order chi connectivity index (χ1) is 9.56. The minimum Gasteiger partial charge on any atom is -0.378 e. The molecule has 0 aliphatic carbocycles. The smallest absolute Gasteiger partial charge is 0.180 e. The van der Waals surface area contributed by atoms with Gasteiger partial charge in [-0.3, -0.25) is 4.98 Å². The molecule has 5 nitrogen and oxygen atoms in total. The zero-order chi connectivity index (χ0) is 14.7. The highest BCUT2D eigenvalue weighted by Gasteiger charge is 2.14. The molecule has 0 aromatic carbocycles. The van der Waals surface area contributed by atoms with E-state index in [1.165, 1.54) is 0 Å². The van der Waals surface area contributed by atoms with E-state index in [0.29, 0.717) is 12.4 Å². The highest BCUT2D eigenvalue weighted by atomic mass is 79.9. The molecule has 2 aromatic heterocycles. The Hall–Kier alpha value is -1.53. The largest absolute Gasteiger partial charge is 0.378 e. The molecule has 6 heteroatoms. The zero-order valence-corrected chi connectivity index (χ0v) is 13.6. The Balaban J connectivity index is 2.58. The lowest BCUT2D eigenvalue weighted by Crippen LogP contribution is -2.05. The van der Waals surface area contributed by atoms with E-state index < -0.39 is 0 Å². The molecule has 0 unspecified atom stereocenters. The molecule has 2 aromatic rings. The third kappa shape index (κ3) is 2.96. The molecule has 20 heavy (non-hydrogen) atoms. The molecule has 0 fully saturated rings. The molecule has 0 saturated heterocycles. The molecule has 0 amide bonds. The lowest BCUT2D eigenvalue weighted by atomic mass is 10.1. The summed E-state index contributed by atoms with van der Waals surface area (Å²) in [6.45, 7) is 4.44. The fourth-order valence-electron chi connectivity index (χ4n) is 1.95. The summed E-state index contributed by atoms with van der Waals surface area (Å²) in [7, 11) is 3.46. The van der Waals surface area contributed by atoms with Crippen molar-refractivity contribution in [1.29, 1.82) is 0 Å². The Morgan fingerprint density at radius 3 is 2.65 bits per heavy atom. The van der Waals surface area contributed by atoms with Gasteiger partial charge in [-0.2, -0.15) is 0 Å². The highest BCUT2D eigenvalue weighted by molar-refractivity contribution is 9.10. The number of nitrogens with one attached hydrogen (secondary N) is 1. The van der Waals surface area contributed by atoms with Crippen LogP contribution in [0.2, 0.25) is 0 Å². The average Bonchev–Trinajstić information content (AvgIpc) is 2.41. The number of aromatic nitrogens is 3. The normalized spacial score (nSPS) is 10.7. The molecule has 2 rings (SSSR count). The van der Waals surface area contributed by atoms with Gasteiger partial charge in [-0.05, 0) is 40.9 Å². The number of hydrogen-bond acceptors (Lipinski definition) is 5. The van der Waals surface area contributed by atoms with Gasteiger partial charge in [0.05, 0.1) is 16.8 Å². The maximum atomic E-state index is 5.18. The summed E-state index contributed by atoms with van der Waals surface area (Å²) in [6, 6.07) is 2.07. The van der Waals surface area contributed by atoms with Crippen LogP contribution in [0, 0.1) is 13.8 Å². The topological polar surface area (TPSA) is 59.9 Å². The molecule has 0 aliphatic rings. The van der Waals surface area contributed by atoms with Crippen LogP contribution in [0.15, 0.2) is 16.7 Å². The molecule has 1 N–H and O–H groups in total. The molecular weight excluding hydrogens is 320 g/mol. The van der Waals surface area contributed by atoms with Gasteiger partial charge in [-0.1, -0.05) is 6.07 Å². The van der Waals surface area contributed by atoms with Gasteiger partial charge in [0, 0.05) is 20.4 Å². The molecule has 0 bridgehead atoms. The number of aryl methyl sites for hydroxylation is 2. The van der Waals surface area contributed by atoms with Crippen molar-refractivity contribution in [3.63, 3.8) is 0 Å². The number of methoxy groups -OCH3 is 1. The average molecular weight is 337 g/mol. The van der Waals surface area contributed by atoms with E-state index in [1.807, 2.05) is 27.1 Å². The first-order valence-electron chi connectivity index (χ1n) is 6.23. The Morgan fingerprint density at radius 2 is 2.05 bits per heavy atom. The van der Waals surface area contributed by atoms with Crippen molar-refractivity contribution >= 4 is 21.7 Å². The standard InChI is InChI=1S/C14H17BrN4O/c1-8-5-9(2)12(17-6-8)14-18-10(7-20-4)11(15)13(16-3)19-14/h5-6H,7H2,1-4H3,(H,16,18,19). The van der Waals surface area contributed by atoms with Gasteiger partial charge >= 0.3 is 0 Å². The van der Waals surface area contributed by atoms with E-state index in [9.17, 15) is 0 Å². The lowest BCUT2D eigenvalue weighted by molar-refractivity contribution is 0.181. The summed E-state index contributed by atoms with van der Waals surface area (Å²) in [4.78, 5) is 13.5. The van der Waals surface area contributed by atoms with Crippen molar-refractivity contribution in [3.8, 4) is 11.5 Å². The van der Waals surface area contributed by atoms with Crippen molar-refractivity contribution < 1.29 is 4.74 Å². The minimum absolute atomic E-state index is 0.412.